The van der Waals surface area contributed by atoms with Gasteiger partial charge < -0.3 is 15.0 Å². The molecule has 0 amide bonds. The van der Waals surface area contributed by atoms with Crippen molar-refractivity contribution in [2.24, 2.45) is 0 Å². The van der Waals surface area contributed by atoms with E-state index in [1.807, 2.05) is 57.4 Å². The maximum absolute atomic E-state index is 13.9. The first-order chi connectivity index (χ1) is 19.5. The van der Waals surface area contributed by atoms with Crippen molar-refractivity contribution in [2.45, 2.75) is 58.3 Å². The number of Topliss-reactive ketones (excluding diaryl/α,β-unsaturated/α-hetero) is 1. The highest BCUT2D eigenvalue weighted by Crippen LogP contribution is 2.49. The molecule has 0 fully saturated rings. The normalized spacial score (nSPS) is 20.3. The van der Waals surface area contributed by atoms with Gasteiger partial charge in [0.1, 0.15) is 7.05 Å². The van der Waals surface area contributed by atoms with E-state index in [0.29, 0.717) is 23.1 Å². The van der Waals surface area contributed by atoms with Crippen molar-refractivity contribution >= 4 is 34.7 Å². The minimum absolute atomic E-state index is 0.133. The zero-order chi connectivity index (χ0) is 29.7. The zero-order valence-corrected chi connectivity index (χ0v) is 25.0. The maximum atomic E-state index is 13.9. The number of unbranched alkanes of at least 4 members (excludes halogenated alkanes) is 1. The predicted molar refractivity (Wildman–Crippen MR) is 164 cm³/mol. The number of allylic oxidation sites excluding steroid dienone is 5. The Morgan fingerprint density at radius 3 is 2.32 bits per heavy atom. The highest BCUT2D eigenvalue weighted by molar-refractivity contribution is 6.29. The van der Waals surface area contributed by atoms with E-state index in [4.69, 9.17) is 4.74 Å². The van der Waals surface area contributed by atoms with Crippen LogP contribution in [-0.2, 0) is 25.2 Å². The number of ketones is 1. The molecule has 2 aromatic rings. The van der Waals surface area contributed by atoms with Crippen molar-refractivity contribution in [1.29, 1.82) is 0 Å². The summed E-state index contributed by atoms with van der Waals surface area (Å²) < 4.78 is 7.55. The van der Waals surface area contributed by atoms with Gasteiger partial charge in [0.15, 0.2) is 11.5 Å². The summed E-state index contributed by atoms with van der Waals surface area (Å²) >= 11 is 0. The van der Waals surface area contributed by atoms with Gasteiger partial charge in [-0.05, 0) is 38.0 Å². The van der Waals surface area contributed by atoms with Crippen molar-refractivity contribution in [3.63, 3.8) is 0 Å². The number of likely N-dealkylation sites (N-methyl/N-ethyl adjacent to an activating group) is 1. The van der Waals surface area contributed by atoms with Gasteiger partial charge in [-0.1, -0.05) is 63.6 Å². The van der Waals surface area contributed by atoms with Crippen molar-refractivity contribution in [3.8, 4) is 0 Å². The van der Waals surface area contributed by atoms with Crippen LogP contribution in [0.5, 0.6) is 0 Å². The Morgan fingerprint density at radius 1 is 1.02 bits per heavy atom. The molecule has 0 atom stereocenters. The first kappa shape index (κ1) is 28.3. The number of carbonyl (C=O) groups excluding carboxylic acids is 2. The van der Waals surface area contributed by atoms with E-state index in [0.717, 1.165) is 40.3 Å². The number of para-hydroxylation sites is 2. The number of ether oxygens (including phenoxy) is 1. The lowest BCUT2D eigenvalue weighted by atomic mass is 9.73. The lowest BCUT2D eigenvalue weighted by Gasteiger charge is -2.29. The highest BCUT2D eigenvalue weighted by Gasteiger charge is 2.46. The molecule has 0 aromatic heterocycles. The van der Waals surface area contributed by atoms with Crippen molar-refractivity contribution in [3.05, 3.63) is 105 Å². The Labute approximate surface area is 242 Å². The molecule has 6 heteroatoms. The number of anilines is 1. The summed E-state index contributed by atoms with van der Waals surface area (Å²) in [6, 6.07) is 16.3. The number of hydrogen-bond donors (Lipinski definition) is 0. The van der Waals surface area contributed by atoms with Crippen LogP contribution >= 0.6 is 0 Å². The summed E-state index contributed by atoms with van der Waals surface area (Å²) in [5, 5.41) is 10.2. The van der Waals surface area contributed by atoms with Gasteiger partial charge in [0, 0.05) is 58.3 Å². The Bertz CT molecular complexity index is 1660. The fourth-order valence-electron chi connectivity index (χ4n) is 6.38. The highest BCUT2D eigenvalue weighted by atomic mass is 16.5. The number of nitrogens with zero attached hydrogens (tertiary/aromatic N) is 3. The van der Waals surface area contributed by atoms with Crippen molar-refractivity contribution in [1.82, 2.24) is 0 Å². The average Bonchev–Trinajstić information content (AvgIpc) is 3.27. The minimum atomic E-state index is -0.695. The number of esters is 1. The fraction of sp³-hybridized carbons (Fsp3) is 0.343. The molecule has 210 valence electrons. The molecule has 3 aliphatic rings. The number of benzene rings is 2. The topological polar surface area (TPSA) is 71.9 Å². The number of hydrogen-bond acceptors (Lipinski definition) is 4. The molecule has 0 unspecified atom stereocenters. The van der Waals surface area contributed by atoms with E-state index in [9.17, 15) is 15.0 Å². The van der Waals surface area contributed by atoms with Crippen LogP contribution in [-0.4, -0.2) is 48.6 Å². The van der Waals surface area contributed by atoms with Gasteiger partial charge >= 0.3 is 5.97 Å². The average molecular weight is 548 g/mol. The van der Waals surface area contributed by atoms with E-state index in [2.05, 4.69) is 67.3 Å². The van der Waals surface area contributed by atoms with Crippen LogP contribution in [0.1, 0.15) is 58.6 Å². The molecule has 0 radical (unpaired) electrons. The summed E-state index contributed by atoms with van der Waals surface area (Å²) in [5.41, 5.74) is 6.50. The van der Waals surface area contributed by atoms with Crippen LogP contribution in [0.15, 0.2) is 88.7 Å². The van der Waals surface area contributed by atoms with Gasteiger partial charge in [0.2, 0.25) is 5.69 Å². The van der Waals surface area contributed by atoms with Crippen molar-refractivity contribution in [2.75, 3.05) is 25.6 Å². The first-order valence-electron chi connectivity index (χ1n) is 14.2. The summed E-state index contributed by atoms with van der Waals surface area (Å²) in [7, 11) is 3.97. The van der Waals surface area contributed by atoms with Crippen molar-refractivity contribution < 1.29 is 18.9 Å². The first-order valence-corrected chi connectivity index (χ1v) is 14.2. The molecule has 0 bridgehead atoms. The van der Waals surface area contributed by atoms with Crippen LogP contribution < -0.4 is 4.90 Å². The molecule has 41 heavy (non-hydrogen) atoms. The van der Waals surface area contributed by atoms with E-state index >= 15 is 0 Å². The molecule has 2 heterocycles. The standard InChI is InChI=1S/C35H37N3O3/c1-8-9-18-41-33(40)24(21-36)31-22(19-29-34(2,3)25-14-10-12-16-27(25)37(29)6)32(39)23(31)20-30-35(4,5)26-15-11-13-17-28(26)38(30)7/h10-17,19-20H,8-9,18H2,1-7H3. The second-order valence-electron chi connectivity index (χ2n) is 12.0. The van der Waals surface area contributed by atoms with E-state index in [1.54, 1.807) is 0 Å². The van der Waals surface area contributed by atoms with E-state index in [-0.39, 0.29) is 28.8 Å². The van der Waals surface area contributed by atoms with Crippen LogP contribution in [0.4, 0.5) is 11.4 Å². The summed E-state index contributed by atoms with van der Waals surface area (Å²) in [5.74, 6) is 1.20. The molecule has 0 saturated heterocycles. The van der Waals surface area contributed by atoms with E-state index < -0.39 is 5.97 Å². The van der Waals surface area contributed by atoms with Gasteiger partial charge in [-0.15, -0.1) is 0 Å². The molecule has 5 rings (SSSR count). The summed E-state index contributed by atoms with van der Waals surface area (Å²) in [6.45, 7) is 10.7. The minimum Gasteiger partial charge on any atom is -0.763 e. The van der Waals surface area contributed by atoms with Gasteiger partial charge in [0.05, 0.1) is 17.6 Å². The third-order valence-electron chi connectivity index (χ3n) is 8.77. The lowest BCUT2D eigenvalue weighted by molar-refractivity contribution is -0.401. The number of fused-ring (bicyclic) bond motifs is 2. The largest absolute Gasteiger partial charge is 0.763 e. The smallest absolute Gasteiger partial charge is 0.344 e. The monoisotopic (exact) mass is 547 g/mol. The second-order valence-corrected chi connectivity index (χ2v) is 12.0. The zero-order valence-electron chi connectivity index (χ0n) is 25.0. The Balaban J connectivity index is 1.67. The van der Waals surface area contributed by atoms with Crippen LogP contribution in [0.3, 0.4) is 0 Å². The SMILES string of the molecule is CCCCOC(=O)C(=C=[N-])C1=C(/C=C2\N(C)c3ccccc3C2(C)C)C(=O)/C1=C\C1=[N+](C)c2ccccc2C1(C)C. The van der Waals surface area contributed by atoms with Crippen LogP contribution in [0.25, 0.3) is 5.41 Å². The van der Waals surface area contributed by atoms with Gasteiger partial charge in [-0.2, -0.15) is 4.58 Å². The molecule has 2 aromatic carbocycles. The second kappa shape index (κ2) is 10.3. The number of rotatable bonds is 7. The summed E-state index contributed by atoms with van der Waals surface area (Å²) in [4.78, 5) is 29.2. The Morgan fingerprint density at radius 2 is 1.68 bits per heavy atom. The molecule has 0 spiro atoms. The Kier molecular flexibility index (Phi) is 7.08. The third kappa shape index (κ3) is 4.34. The molecular formula is C35H37N3O3. The Hall–Kier alpha value is -4.28. The molecule has 0 N–H and O–H groups in total. The molecule has 1 aliphatic carbocycles. The van der Waals surface area contributed by atoms with Gasteiger partial charge in [-0.25, -0.2) is 4.79 Å². The van der Waals surface area contributed by atoms with Gasteiger partial charge in [0.25, 0.3) is 0 Å². The summed E-state index contributed by atoms with van der Waals surface area (Å²) in [6.07, 6.45) is 5.28. The van der Waals surface area contributed by atoms with Gasteiger partial charge in [-0.3, -0.25) is 10.7 Å². The molecule has 2 aliphatic heterocycles. The predicted octanol–water partition coefficient (Wildman–Crippen LogP) is 6.32. The molecule has 0 saturated carbocycles. The van der Waals surface area contributed by atoms with Crippen LogP contribution in [0, 0.1) is 0 Å². The fourth-order valence-corrected chi connectivity index (χ4v) is 6.38. The maximum Gasteiger partial charge on any atom is 0.344 e. The lowest BCUT2D eigenvalue weighted by Crippen LogP contribution is -2.32. The third-order valence-corrected chi connectivity index (χ3v) is 8.77. The van der Waals surface area contributed by atoms with E-state index in [1.165, 1.54) is 0 Å². The quantitative estimate of drug-likeness (QED) is 0.134. The van der Waals surface area contributed by atoms with Crippen LogP contribution in [0.2, 0.25) is 0 Å². The number of carbonyl (C=O) groups is 2. The molecule has 6 nitrogen and oxygen atoms in total. The molecular weight excluding hydrogens is 510 g/mol.